The lowest BCUT2D eigenvalue weighted by atomic mass is 9.92. The minimum atomic E-state index is -0.816. The second kappa shape index (κ2) is 9.67. The van der Waals surface area contributed by atoms with Crippen LogP contribution in [0.1, 0.15) is 48.7 Å². The zero-order valence-corrected chi connectivity index (χ0v) is 17.2. The van der Waals surface area contributed by atoms with Crippen molar-refractivity contribution in [2.45, 2.75) is 38.1 Å². The number of benzene rings is 1. The number of phenolic OH excluding ortho intramolecular Hbond substituents is 1. The lowest BCUT2D eigenvalue weighted by Crippen LogP contribution is -2.29. The highest BCUT2D eigenvalue weighted by atomic mass is 16.5. The van der Waals surface area contributed by atoms with Gasteiger partial charge in [-0.15, -0.1) is 0 Å². The van der Waals surface area contributed by atoms with Crippen molar-refractivity contribution >= 4 is 5.97 Å². The molecule has 0 saturated carbocycles. The first-order valence-corrected chi connectivity index (χ1v) is 9.95. The Morgan fingerprint density at radius 2 is 1.90 bits per heavy atom. The summed E-state index contributed by atoms with van der Waals surface area (Å²) < 4.78 is 15.8. The van der Waals surface area contributed by atoms with Crippen LogP contribution < -0.4 is 10.2 Å². The summed E-state index contributed by atoms with van der Waals surface area (Å²) in [5, 5.41) is 20.6. The third-order valence-corrected chi connectivity index (χ3v) is 5.35. The minimum absolute atomic E-state index is 0.0236. The number of likely N-dealkylation sites (tertiary alicyclic amines) is 1. The van der Waals surface area contributed by atoms with E-state index < -0.39 is 23.1 Å². The van der Waals surface area contributed by atoms with Crippen LogP contribution in [0.25, 0.3) is 0 Å². The molecule has 8 heteroatoms. The lowest BCUT2D eigenvalue weighted by Gasteiger charge is -2.26. The van der Waals surface area contributed by atoms with E-state index in [-0.39, 0.29) is 23.7 Å². The van der Waals surface area contributed by atoms with Gasteiger partial charge in [-0.05, 0) is 43.6 Å². The fraction of sp³-hybridized carbons (Fsp3) is 0.455. The quantitative estimate of drug-likeness (QED) is 0.662. The van der Waals surface area contributed by atoms with Gasteiger partial charge in [-0.1, -0.05) is 12.5 Å². The van der Waals surface area contributed by atoms with Gasteiger partial charge in [0, 0.05) is 6.07 Å². The number of phenols is 1. The number of ether oxygens (including phenoxy) is 2. The molecule has 0 amide bonds. The summed E-state index contributed by atoms with van der Waals surface area (Å²) in [6.45, 7) is 2.27. The Morgan fingerprint density at radius 1 is 1.17 bits per heavy atom. The Balaban J connectivity index is 2.02. The number of hydrogen-bond acceptors (Lipinski definition) is 8. The Bertz CT molecular complexity index is 947. The molecule has 1 aliphatic rings. The Labute approximate surface area is 174 Å². The third-order valence-electron chi connectivity index (χ3n) is 5.35. The topological polar surface area (TPSA) is 109 Å². The number of carbonyl (C=O) groups is 1. The van der Waals surface area contributed by atoms with E-state index in [4.69, 9.17) is 13.9 Å². The molecule has 8 nitrogen and oxygen atoms in total. The van der Waals surface area contributed by atoms with Gasteiger partial charge in [0.25, 0.3) is 0 Å². The van der Waals surface area contributed by atoms with Gasteiger partial charge in [-0.3, -0.25) is 14.5 Å². The number of piperidine rings is 1. The average Bonchev–Trinajstić information content (AvgIpc) is 2.75. The normalized spacial score (nSPS) is 15.5. The summed E-state index contributed by atoms with van der Waals surface area (Å²) in [6, 6.07) is 5.89. The number of carbonyl (C=O) groups excluding carboxylic acids is 1. The lowest BCUT2D eigenvalue weighted by molar-refractivity contribution is -0.140. The van der Waals surface area contributed by atoms with Crippen molar-refractivity contribution in [1.82, 2.24) is 4.90 Å². The summed E-state index contributed by atoms with van der Waals surface area (Å²) in [6.07, 6.45) is 3.19. The highest BCUT2D eigenvalue weighted by Gasteiger charge is 2.27. The van der Waals surface area contributed by atoms with E-state index in [0.29, 0.717) is 17.9 Å². The van der Waals surface area contributed by atoms with Crippen LogP contribution in [-0.2, 0) is 16.1 Å². The highest BCUT2D eigenvalue weighted by molar-refractivity contribution is 5.71. The van der Waals surface area contributed by atoms with E-state index >= 15 is 0 Å². The zero-order chi connectivity index (χ0) is 21.7. The smallest absolute Gasteiger partial charge is 0.306 e. The summed E-state index contributed by atoms with van der Waals surface area (Å²) >= 11 is 0. The molecule has 0 unspecified atom stereocenters. The van der Waals surface area contributed by atoms with Crippen molar-refractivity contribution in [3.63, 3.8) is 0 Å². The van der Waals surface area contributed by atoms with Gasteiger partial charge in [-0.2, -0.15) is 0 Å². The van der Waals surface area contributed by atoms with Crippen LogP contribution in [0.2, 0.25) is 0 Å². The molecular formula is C22H27NO7. The fourth-order valence-corrected chi connectivity index (χ4v) is 3.74. The molecule has 2 aromatic rings. The molecule has 0 radical (unpaired) electrons. The van der Waals surface area contributed by atoms with Gasteiger partial charge in [0.2, 0.25) is 11.2 Å². The Kier molecular flexibility index (Phi) is 6.99. The molecule has 1 atom stereocenters. The van der Waals surface area contributed by atoms with E-state index in [0.717, 1.165) is 25.9 Å². The van der Waals surface area contributed by atoms with Crippen molar-refractivity contribution in [3.05, 3.63) is 51.6 Å². The van der Waals surface area contributed by atoms with Crippen LogP contribution in [0.4, 0.5) is 0 Å². The summed E-state index contributed by atoms with van der Waals surface area (Å²) in [5.74, 6) is -1.38. The number of nitrogens with zero attached hydrogens (tertiary/aromatic N) is 1. The van der Waals surface area contributed by atoms with Crippen molar-refractivity contribution in [2.75, 3.05) is 27.3 Å². The molecule has 1 fully saturated rings. The van der Waals surface area contributed by atoms with Crippen molar-refractivity contribution in [1.29, 1.82) is 0 Å². The van der Waals surface area contributed by atoms with Gasteiger partial charge < -0.3 is 24.1 Å². The van der Waals surface area contributed by atoms with Gasteiger partial charge >= 0.3 is 5.97 Å². The molecule has 0 bridgehead atoms. The van der Waals surface area contributed by atoms with Crippen LogP contribution in [0.5, 0.6) is 17.2 Å². The van der Waals surface area contributed by atoms with Crippen LogP contribution in [-0.4, -0.2) is 48.4 Å². The van der Waals surface area contributed by atoms with E-state index in [9.17, 15) is 19.8 Å². The molecule has 1 aromatic heterocycles. The molecule has 0 spiro atoms. The Morgan fingerprint density at radius 3 is 2.53 bits per heavy atom. The number of aromatic hydroxyl groups is 2. The van der Waals surface area contributed by atoms with Crippen LogP contribution in [0, 0.1) is 0 Å². The molecule has 1 saturated heterocycles. The van der Waals surface area contributed by atoms with Gasteiger partial charge in [0.15, 0.2) is 17.3 Å². The van der Waals surface area contributed by atoms with E-state index in [2.05, 4.69) is 4.90 Å². The van der Waals surface area contributed by atoms with Crippen LogP contribution in [0.3, 0.4) is 0 Å². The standard InChI is InChI=1S/C22H27NO7/c1-28-19-7-6-14(10-17(19)24)16(12-20(26)29-2)22-21(27)18(25)11-15(30-22)13-23-8-4-3-5-9-23/h6-7,10-11,16,24,27H,3-5,8-9,12-13H2,1-2H3/t16-/m0/s1. The Hall–Kier alpha value is -3.00. The first-order chi connectivity index (χ1) is 14.4. The number of rotatable bonds is 7. The van der Waals surface area contributed by atoms with E-state index in [1.165, 1.54) is 32.8 Å². The maximum atomic E-state index is 12.4. The molecule has 2 N–H and O–H groups in total. The predicted molar refractivity (Wildman–Crippen MR) is 109 cm³/mol. The summed E-state index contributed by atoms with van der Waals surface area (Å²) in [7, 11) is 2.68. The molecule has 0 aliphatic carbocycles. The molecule has 1 aliphatic heterocycles. The number of hydrogen-bond donors (Lipinski definition) is 2. The van der Waals surface area contributed by atoms with Gasteiger partial charge in [0.1, 0.15) is 5.76 Å². The number of esters is 1. The first kappa shape index (κ1) is 21.7. The number of methoxy groups -OCH3 is 2. The zero-order valence-electron chi connectivity index (χ0n) is 17.2. The fourth-order valence-electron chi connectivity index (χ4n) is 3.74. The van der Waals surface area contributed by atoms with Crippen LogP contribution in [0.15, 0.2) is 33.5 Å². The second-order valence-electron chi connectivity index (χ2n) is 7.39. The van der Waals surface area contributed by atoms with Crippen molar-refractivity contribution < 1.29 is 28.9 Å². The maximum Gasteiger partial charge on any atom is 0.306 e. The van der Waals surface area contributed by atoms with Gasteiger partial charge in [-0.25, -0.2) is 0 Å². The highest BCUT2D eigenvalue weighted by Crippen LogP contribution is 2.37. The maximum absolute atomic E-state index is 12.4. The molecule has 3 rings (SSSR count). The SMILES string of the molecule is COC(=O)C[C@@H](c1ccc(OC)c(O)c1)c1oc(CN2CCCCC2)cc(=O)c1O. The third kappa shape index (κ3) is 4.94. The summed E-state index contributed by atoms with van der Waals surface area (Å²) in [5.41, 5.74) is -0.0943. The van der Waals surface area contributed by atoms with Gasteiger partial charge in [0.05, 0.1) is 33.1 Å². The van der Waals surface area contributed by atoms with Crippen molar-refractivity contribution in [2.24, 2.45) is 0 Å². The summed E-state index contributed by atoms with van der Waals surface area (Å²) in [4.78, 5) is 26.7. The molecule has 2 heterocycles. The largest absolute Gasteiger partial charge is 0.504 e. The monoisotopic (exact) mass is 417 g/mol. The van der Waals surface area contributed by atoms with Crippen molar-refractivity contribution in [3.8, 4) is 17.2 Å². The molecule has 1 aromatic carbocycles. The minimum Gasteiger partial charge on any atom is -0.504 e. The molecule has 30 heavy (non-hydrogen) atoms. The molecular weight excluding hydrogens is 390 g/mol. The van der Waals surface area contributed by atoms with Crippen LogP contribution >= 0.6 is 0 Å². The second-order valence-corrected chi connectivity index (χ2v) is 7.39. The molecule has 162 valence electrons. The first-order valence-electron chi connectivity index (χ1n) is 9.95. The average molecular weight is 417 g/mol. The predicted octanol–water partition coefficient (Wildman–Crippen LogP) is 2.74. The van der Waals surface area contributed by atoms with E-state index in [1.54, 1.807) is 12.1 Å². The van der Waals surface area contributed by atoms with E-state index in [1.807, 2.05) is 0 Å².